The van der Waals surface area contributed by atoms with Crippen LogP contribution in [0.4, 0.5) is 0 Å². The van der Waals surface area contributed by atoms with Crippen LogP contribution in [0.25, 0.3) is 0 Å². The Morgan fingerprint density at radius 1 is 1.26 bits per heavy atom. The summed E-state index contributed by atoms with van der Waals surface area (Å²) >= 11 is 0. The van der Waals surface area contributed by atoms with Crippen LogP contribution in [0.5, 0.6) is 0 Å². The number of aliphatic imine (C=N–C) groups is 1. The van der Waals surface area contributed by atoms with Crippen LogP contribution >= 0.6 is 24.0 Å². The Bertz CT molecular complexity index is 778. The summed E-state index contributed by atoms with van der Waals surface area (Å²) in [4.78, 5) is 7.31. The highest BCUT2D eigenvalue weighted by Gasteiger charge is 2.34. The highest BCUT2D eigenvalue weighted by molar-refractivity contribution is 14.0. The van der Waals surface area contributed by atoms with Crippen molar-refractivity contribution in [1.29, 1.82) is 0 Å². The number of aryl methyl sites for hydroxylation is 1. The lowest BCUT2D eigenvalue weighted by molar-refractivity contribution is 0.314. The molecule has 1 heterocycles. The minimum Gasteiger partial charge on any atom is -0.356 e. The monoisotopic (exact) mass is 506 g/mol. The standard InChI is InChI=1S/C19H30N4O2S.HI/c1-14-10-15(4-7-18(14)26(3,24)25)11-21-19(20-2)22-12-16-8-9-23(13-16)17-5-6-17;/h4,7,10,16-17H,5-6,8-9,11-13H2,1-3H3,(H2,20,21,22);1H. The lowest BCUT2D eigenvalue weighted by Gasteiger charge is -2.17. The third-order valence-electron chi connectivity index (χ3n) is 5.26. The van der Waals surface area contributed by atoms with Crippen LogP contribution in [0.15, 0.2) is 28.1 Å². The zero-order chi connectivity index (χ0) is 18.7. The summed E-state index contributed by atoms with van der Waals surface area (Å²) in [7, 11) is -1.39. The van der Waals surface area contributed by atoms with Gasteiger partial charge in [-0.25, -0.2) is 8.42 Å². The first kappa shape index (κ1) is 22.4. The molecule has 3 rings (SSSR count). The van der Waals surface area contributed by atoms with Gasteiger partial charge in [0.25, 0.3) is 0 Å². The number of guanidine groups is 1. The lowest BCUT2D eigenvalue weighted by Crippen LogP contribution is -2.40. The maximum absolute atomic E-state index is 11.7. The third-order valence-corrected chi connectivity index (χ3v) is 6.52. The van der Waals surface area contributed by atoms with E-state index in [0.717, 1.165) is 29.7 Å². The fourth-order valence-electron chi connectivity index (χ4n) is 3.69. The zero-order valence-electron chi connectivity index (χ0n) is 16.4. The fraction of sp³-hybridized carbons (Fsp3) is 0.632. The van der Waals surface area contributed by atoms with Gasteiger partial charge in [0.2, 0.25) is 0 Å². The van der Waals surface area contributed by atoms with Crippen molar-refractivity contribution in [3.8, 4) is 0 Å². The number of likely N-dealkylation sites (tertiary alicyclic amines) is 1. The number of rotatable bonds is 6. The number of benzene rings is 1. The second-order valence-electron chi connectivity index (χ2n) is 7.56. The molecule has 0 bridgehead atoms. The molecule has 1 aliphatic heterocycles. The normalized spacial score (nSPS) is 21.0. The summed E-state index contributed by atoms with van der Waals surface area (Å²) in [5, 5.41) is 6.75. The van der Waals surface area contributed by atoms with Crippen LogP contribution in [-0.2, 0) is 16.4 Å². The minimum atomic E-state index is -3.17. The number of halogens is 1. The maximum Gasteiger partial charge on any atom is 0.191 e. The number of hydrogen-bond acceptors (Lipinski definition) is 4. The van der Waals surface area contributed by atoms with Gasteiger partial charge in [-0.3, -0.25) is 4.99 Å². The molecule has 0 radical (unpaired) electrons. The van der Waals surface area contributed by atoms with Crippen LogP contribution in [0.2, 0.25) is 0 Å². The molecule has 0 spiro atoms. The molecule has 1 aliphatic carbocycles. The van der Waals surface area contributed by atoms with E-state index in [2.05, 4.69) is 20.5 Å². The summed E-state index contributed by atoms with van der Waals surface area (Å²) in [6.45, 7) is 5.81. The van der Waals surface area contributed by atoms with Crippen molar-refractivity contribution < 1.29 is 8.42 Å². The van der Waals surface area contributed by atoms with Crippen molar-refractivity contribution in [1.82, 2.24) is 15.5 Å². The van der Waals surface area contributed by atoms with Gasteiger partial charge in [0.1, 0.15) is 0 Å². The van der Waals surface area contributed by atoms with E-state index in [1.54, 1.807) is 13.1 Å². The number of nitrogens with zero attached hydrogens (tertiary/aromatic N) is 2. The summed E-state index contributed by atoms with van der Waals surface area (Å²) in [5.74, 6) is 1.48. The molecule has 1 aromatic carbocycles. The SMILES string of the molecule is CN=C(NCc1ccc(S(C)(=O)=O)c(C)c1)NCC1CCN(C2CC2)C1.I. The Labute approximate surface area is 180 Å². The van der Waals surface area contributed by atoms with Crippen molar-refractivity contribution in [2.45, 2.75) is 43.7 Å². The molecular weight excluding hydrogens is 475 g/mol. The molecule has 1 aromatic rings. The average Bonchev–Trinajstić information content (AvgIpc) is 3.33. The minimum absolute atomic E-state index is 0. The summed E-state index contributed by atoms with van der Waals surface area (Å²) in [5.41, 5.74) is 1.82. The van der Waals surface area contributed by atoms with Gasteiger partial charge in [-0.2, -0.15) is 0 Å². The van der Waals surface area contributed by atoms with Gasteiger partial charge in [-0.05, 0) is 55.8 Å². The van der Waals surface area contributed by atoms with Gasteiger partial charge in [-0.1, -0.05) is 12.1 Å². The molecule has 6 nitrogen and oxygen atoms in total. The molecular formula is C19H31IN4O2S. The molecule has 2 N–H and O–H groups in total. The Morgan fingerprint density at radius 3 is 2.59 bits per heavy atom. The molecule has 27 heavy (non-hydrogen) atoms. The van der Waals surface area contributed by atoms with Crippen molar-refractivity contribution in [3.63, 3.8) is 0 Å². The lowest BCUT2D eigenvalue weighted by atomic mass is 10.1. The molecule has 0 amide bonds. The van der Waals surface area contributed by atoms with Crippen molar-refractivity contribution >= 4 is 39.8 Å². The highest BCUT2D eigenvalue weighted by atomic mass is 127. The molecule has 1 unspecified atom stereocenters. The van der Waals surface area contributed by atoms with E-state index in [9.17, 15) is 8.42 Å². The summed E-state index contributed by atoms with van der Waals surface area (Å²) in [6.07, 6.45) is 5.25. The predicted molar refractivity (Wildman–Crippen MR) is 121 cm³/mol. The average molecular weight is 506 g/mol. The molecule has 152 valence electrons. The van der Waals surface area contributed by atoms with E-state index in [-0.39, 0.29) is 24.0 Å². The van der Waals surface area contributed by atoms with Gasteiger partial charge < -0.3 is 15.5 Å². The van der Waals surface area contributed by atoms with Crippen LogP contribution in [0.3, 0.4) is 0 Å². The van der Waals surface area contributed by atoms with Gasteiger partial charge in [-0.15, -0.1) is 24.0 Å². The van der Waals surface area contributed by atoms with Crippen LogP contribution in [0, 0.1) is 12.8 Å². The van der Waals surface area contributed by atoms with Gasteiger partial charge in [0, 0.05) is 39.0 Å². The van der Waals surface area contributed by atoms with Crippen molar-refractivity contribution in [2.24, 2.45) is 10.9 Å². The van der Waals surface area contributed by atoms with Gasteiger partial charge in [0.15, 0.2) is 15.8 Å². The van der Waals surface area contributed by atoms with Gasteiger partial charge >= 0.3 is 0 Å². The Morgan fingerprint density at radius 2 is 2.00 bits per heavy atom. The predicted octanol–water partition coefficient (Wildman–Crippen LogP) is 2.17. The second-order valence-corrected chi connectivity index (χ2v) is 9.54. The molecule has 1 atom stereocenters. The third kappa shape index (κ3) is 6.32. The van der Waals surface area contributed by atoms with E-state index in [4.69, 9.17) is 0 Å². The maximum atomic E-state index is 11.7. The molecule has 1 saturated carbocycles. The van der Waals surface area contributed by atoms with E-state index in [1.165, 1.54) is 38.6 Å². The zero-order valence-corrected chi connectivity index (χ0v) is 19.5. The summed E-state index contributed by atoms with van der Waals surface area (Å²) < 4.78 is 23.4. The largest absolute Gasteiger partial charge is 0.356 e. The smallest absolute Gasteiger partial charge is 0.191 e. The molecule has 2 aliphatic rings. The van der Waals surface area contributed by atoms with E-state index in [1.807, 2.05) is 19.1 Å². The number of nitrogens with one attached hydrogen (secondary N) is 2. The second kappa shape index (κ2) is 9.56. The first-order valence-electron chi connectivity index (χ1n) is 9.35. The molecule has 8 heteroatoms. The van der Waals surface area contributed by atoms with Crippen molar-refractivity contribution in [2.75, 3.05) is 32.9 Å². The topological polar surface area (TPSA) is 73.8 Å². The fourth-order valence-corrected chi connectivity index (χ4v) is 4.64. The number of hydrogen-bond donors (Lipinski definition) is 2. The Kier molecular flexibility index (Phi) is 7.94. The number of sulfone groups is 1. The van der Waals surface area contributed by atoms with Crippen LogP contribution in [0.1, 0.15) is 30.4 Å². The first-order valence-corrected chi connectivity index (χ1v) is 11.2. The molecule has 0 aromatic heterocycles. The van der Waals surface area contributed by atoms with Crippen LogP contribution < -0.4 is 10.6 Å². The van der Waals surface area contributed by atoms with E-state index in [0.29, 0.717) is 17.4 Å². The van der Waals surface area contributed by atoms with E-state index >= 15 is 0 Å². The molecule has 2 fully saturated rings. The molecule has 1 saturated heterocycles. The quantitative estimate of drug-likeness (QED) is 0.352. The van der Waals surface area contributed by atoms with E-state index < -0.39 is 9.84 Å². The van der Waals surface area contributed by atoms with Gasteiger partial charge in [0.05, 0.1) is 4.90 Å². The first-order chi connectivity index (χ1) is 12.4. The Balaban J connectivity index is 0.00000261. The highest BCUT2D eigenvalue weighted by Crippen LogP contribution is 2.31. The van der Waals surface area contributed by atoms with Crippen LogP contribution in [-0.4, -0.2) is 58.3 Å². The summed E-state index contributed by atoms with van der Waals surface area (Å²) in [6, 6.07) is 6.31. The van der Waals surface area contributed by atoms with Crippen molar-refractivity contribution in [3.05, 3.63) is 29.3 Å². The Hall–Kier alpha value is -0.870.